The maximum absolute atomic E-state index is 8.16. The highest BCUT2D eigenvalue weighted by atomic mass is 16.6. The monoisotopic (exact) mass is 82.0 g/mol. The maximum Gasteiger partial charge on any atom is 0.138 e. The molecule has 30 valence electrons. The van der Waals surface area contributed by atoms with Gasteiger partial charge in [0.25, 0.3) is 0 Å². The molecule has 2 nitrogen and oxygen atoms in total. The lowest BCUT2D eigenvalue weighted by Gasteiger charge is -2.14. The van der Waals surface area contributed by atoms with Gasteiger partial charge in [-0.15, -0.1) is 0 Å². The second kappa shape index (κ2) is 1.67. The van der Waals surface area contributed by atoms with Gasteiger partial charge in [0.05, 0.1) is 5.59 Å². The van der Waals surface area contributed by atoms with Gasteiger partial charge < -0.3 is 9.84 Å². The van der Waals surface area contributed by atoms with Crippen LogP contribution in [0.3, 0.4) is 0 Å². The summed E-state index contributed by atoms with van der Waals surface area (Å²) in [6, 6.07) is 0. The summed E-state index contributed by atoms with van der Waals surface area (Å²) in [5.41, 5.74) is -1.96. The van der Waals surface area contributed by atoms with Crippen LogP contribution >= 0.6 is 0 Å². The van der Waals surface area contributed by atoms with Crippen LogP contribution in [0.2, 0.25) is 0 Å². The molecule has 0 aliphatic carbocycles. The number of aliphatic hydroxyl groups is 1. The topological polar surface area (TPSA) is 29.5 Å². The van der Waals surface area contributed by atoms with E-state index in [2.05, 4.69) is 20.4 Å². The standard InChI is InChI=1S/C2H4B2O2/c1-6-2(3,4)5/h5H,1H3. The lowest BCUT2D eigenvalue weighted by Crippen LogP contribution is -2.31. The van der Waals surface area contributed by atoms with E-state index in [-0.39, 0.29) is 0 Å². The lowest BCUT2D eigenvalue weighted by molar-refractivity contribution is -0.0473. The Kier molecular flexibility index (Phi) is 1.68. The zero-order valence-corrected chi connectivity index (χ0v) is 3.51. The molecule has 0 aromatic heterocycles. The molecule has 0 spiro atoms. The van der Waals surface area contributed by atoms with Crippen molar-refractivity contribution in [1.82, 2.24) is 0 Å². The number of methoxy groups -OCH3 is 1. The number of hydrogen-bond acceptors (Lipinski definition) is 2. The molecular weight excluding hydrogens is 77.6 g/mol. The van der Waals surface area contributed by atoms with Crippen molar-refractivity contribution in [1.29, 1.82) is 0 Å². The van der Waals surface area contributed by atoms with Gasteiger partial charge in [-0.25, -0.2) is 0 Å². The molecule has 0 unspecified atom stereocenters. The molecule has 4 heteroatoms. The van der Waals surface area contributed by atoms with Gasteiger partial charge in [-0.05, 0) is 0 Å². The van der Waals surface area contributed by atoms with E-state index >= 15 is 0 Å². The Labute approximate surface area is 39.3 Å². The molecule has 0 heterocycles. The molecule has 0 saturated carbocycles. The van der Waals surface area contributed by atoms with Gasteiger partial charge in [0.15, 0.2) is 0 Å². The predicted molar refractivity (Wildman–Crippen MR) is 23.5 cm³/mol. The van der Waals surface area contributed by atoms with Gasteiger partial charge in [0.1, 0.15) is 15.7 Å². The summed E-state index contributed by atoms with van der Waals surface area (Å²) in [6.07, 6.45) is 0. The lowest BCUT2D eigenvalue weighted by atomic mass is 9.77. The smallest absolute Gasteiger partial charge is 0.138 e. The number of hydrogen-bond donors (Lipinski definition) is 1. The Morgan fingerprint density at radius 2 is 1.83 bits per heavy atom. The first kappa shape index (κ1) is 6.05. The molecule has 4 radical (unpaired) electrons. The van der Waals surface area contributed by atoms with Crippen LogP contribution in [-0.2, 0) is 4.74 Å². The SMILES string of the molecule is [B]C([B])(O)OC. The minimum absolute atomic E-state index is 1.21. The zero-order valence-electron chi connectivity index (χ0n) is 3.51. The molecule has 0 rings (SSSR count). The first-order valence-corrected chi connectivity index (χ1v) is 1.41. The van der Waals surface area contributed by atoms with Crippen molar-refractivity contribution < 1.29 is 9.84 Å². The Bertz CT molecular complexity index is 39.3. The second-order valence-corrected chi connectivity index (χ2v) is 0.956. The van der Waals surface area contributed by atoms with Gasteiger partial charge in [0.2, 0.25) is 0 Å². The van der Waals surface area contributed by atoms with Crippen molar-refractivity contribution >= 4 is 15.7 Å². The van der Waals surface area contributed by atoms with Crippen LogP contribution in [0, 0.1) is 0 Å². The van der Waals surface area contributed by atoms with E-state index in [0.717, 1.165) is 0 Å². The summed E-state index contributed by atoms with van der Waals surface area (Å²) >= 11 is 0. The molecule has 6 heavy (non-hydrogen) atoms. The molecule has 0 aliphatic heterocycles. The fourth-order valence-corrected chi connectivity index (χ4v) is 0. The van der Waals surface area contributed by atoms with Crippen molar-refractivity contribution in [3.05, 3.63) is 0 Å². The van der Waals surface area contributed by atoms with E-state index in [1.165, 1.54) is 7.11 Å². The van der Waals surface area contributed by atoms with E-state index in [1.807, 2.05) is 0 Å². The third-order valence-corrected chi connectivity index (χ3v) is 0.327. The third-order valence-electron chi connectivity index (χ3n) is 0.327. The normalized spacial score (nSPS) is 11.7. The highest BCUT2D eigenvalue weighted by Gasteiger charge is 2.05. The summed E-state index contributed by atoms with van der Waals surface area (Å²) < 4.78 is 4.05. The first-order chi connectivity index (χ1) is 2.56. The summed E-state index contributed by atoms with van der Waals surface area (Å²) in [7, 11) is 10.5. The van der Waals surface area contributed by atoms with Gasteiger partial charge in [-0.1, -0.05) is 0 Å². The average Bonchev–Trinajstić information content (AvgIpc) is 1.35. The minimum atomic E-state index is -1.96. The fourth-order valence-electron chi connectivity index (χ4n) is 0. The quantitative estimate of drug-likeness (QED) is 0.310. The molecule has 0 aromatic carbocycles. The number of rotatable bonds is 1. The van der Waals surface area contributed by atoms with Crippen LogP contribution in [0.1, 0.15) is 0 Å². The van der Waals surface area contributed by atoms with Crippen LogP contribution < -0.4 is 0 Å². The Morgan fingerprint density at radius 1 is 1.67 bits per heavy atom. The molecule has 0 fully saturated rings. The van der Waals surface area contributed by atoms with Crippen molar-refractivity contribution in [3.63, 3.8) is 0 Å². The van der Waals surface area contributed by atoms with Crippen molar-refractivity contribution in [2.75, 3.05) is 7.11 Å². The van der Waals surface area contributed by atoms with Crippen LogP contribution in [0.5, 0.6) is 0 Å². The minimum Gasteiger partial charge on any atom is -0.384 e. The van der Waals surface area contributed by atoms with Gasteiger partial charge >= 0.3 is 0 Å². The molecule has 0 saturated heterocycles. The van der Waals surface area contributed by atoms with Gasteiger partial charge in [0, 0.05) is 7.11 Å². The summed E-state index contributed by atoms with van der Waals surface area (Å²) in [6.45, 7) is 0. The Hall–Kier alpha value is 0.0499. The summed E-state index contributed by atoms with van der Waals surface area (Å²) in [5.74, 6) is 0. The summed E-state index contributed by atoms with van der Waals surface area (Å²) in [5, 5.41) is 8.16. The molecule has 1 N–H and O–H groups in total. The highest BCUT2D eigenvalue weighted by molar-refractivity contribution is 6.37. The zero-order chi connectivity index (χ0) is 5.21. The predicted octanol–water partition coefficient (Wildman–Crippen LogP) is -1.43. The third kappa shape index (κ3) is 4.05. The van der Waals surface area contributed by atoms with Crippen LogP contribution in [-0.4, -0.2) is 33.5 Å². The van der Waals surface area contributed by atoms with Gasteiger partial charge in [-0.2, -0.15) is 0 Å². The van der Waals surface area contributed by atoms with E-state index in [9.17, 15) is 0 Å². The summed E-state index contributed by atoms with van der Waals surface area (Å²) in [4.78, 5) is 0. The number of ether oxygens (including phenoxy) is 1. The average molecular weight is 81.7 g/mol. The fraction of sp³-hybridized carbons (Fsp3) is 1.00. The van der Waals surface area contributed by atoms with Crippen LogP contribution in [0.4, 0.5) is 0 Å². The largest absolute Gasteiger partial charge is 0.384 e. The highest BCUT2D eigenvalue weighted by Crippen LogP contribution is 1.86. The molecular formula is C2H4B2O2. The van der Waals surface area contributed by atoms with E-state index in [1.54, 1.807) is 0 Å². The molecule has 0 amide bonds. The van der Waals surface area contributed by atoms with E-state index in [0.29, 0.717) is 0 Å². The van der Waals surface area contributed by atoms with Crippen molar-refractivity contribution in [2.45, 2.75) is 5.59 Å². The van der Waals surface area contributed by atoms with Crippen LogP contribution in [0.15, 0.2) is 0 Å². The van der Waals surface area contributed by atoms with E-state index in [4.69, 9.17) is 5.11 Å². The maximum atomic E-state index is 8.16. The van der Waals surface area contributed by atoms with Crippen molar-refractivity contribution in [3.8, 4) is 0 Å². The molecule has 0 bridgehead atoms. The molecule has 0 atom stereocenters. The Morgan fingerprint density at radius 3 is 1.83 bits per heavy atom. The Balaban J connectivity index is 3.17. The van der Waals surface area contributed by atoms with Crippen LogP contribution in [0.25, 0.3) is 0 Å². The molecule has 0 aliphatic rings. The van der Waals surface area contributed by atoms with E-state index < -0.39 is 5.59 Å². The van der Waals surface area contributed by atoms with Gasteiger partial charge in [-0.3, -0.25) is 0 Å². The van der Waals surface area contributed by atoms with Crippen molar-refractivity contribution in [2.24, 2.45) is 0 Å². The second-order valence-electron chi connectivity index (χ2n) is 0.956. The first-order valence-electron chi connectivity index (χ1n) is 1.41. The molecule has 0 aromatic rings.